The molecule has 0 saturated heterocycles. The van der Waals surface area contributed by atoms with Crippen LogP contribution in [-0.2, 0) is 17.8 Å². The zero-order valence-corrected chi connectivity index (χ0v) is 14.0. The third kappa shape index (κ3) is 3.35. The van der Waals surface area contributed by atoms with E-state index in [0.29, 0.717) is 0 Å². The standard InChI is InChI=1S/C18H18N2O2S/c1-3-20-15-9-4-5-10-16(15)23-18(20)19-17(21)12-13-7-6-8-14(11-13)22-2/h4-11H,3,12H2,1-2H3. The molecule has 3 rings (SSSR count). The number of hydrogen-bond acceptors (Lipinski definition) is 3. The molecule has 1 amide bonds. The van der Waals surface area contributed by atoms with Crippen molar-refractivity contribution in [3.05, 3.63) is 58.9 Å². The van der Waals surface area contributed by atoms with Crippen molar-refractivity contribution in [1.82, 2.24) is 4.57 Å². The summed E-state index contributed by atoms with van der Waals surface area (Å²) in [6.45, 7) is 2.85. The fourth-order valence-corrected chi connectivity index (χ4v) is 3.63. The summed E-state index contributed by atoms with van der Waals surface area (Å²) in [5, 5.41) is 0. The number of hydrogen-bond donors (Lipinski definition) is 0. The van der Waals surface area contributed by atoms with Crippen LogP contribution in [0.15, 0.2) is 53.5 Å². The Kier molecular flexibility index (Phi) is 4.57. The smallest absolute Gasteiger partial charge is 0.252 e. The molecule has 0 bridgehead atoms. The van der Waals surface area contributed by atoms with Gasteiger partial charge in [-0.1, -0.05) is 35.6 Å². The third-order valence-electron chi connectivity index (χ3n) is 3.61. The maximum absolute atomic E-state index is 12.3. The summed E-state index contributed by atoms with van der Waals surface area (Å²) in [4.78, 5) is 17.4. The minimum absolute atomic E-state index is 0.146. The summed E-state index contributed by atoms with van der Waals surface area (Å²) in [7, 11) is 1.62. The van der Waals surface area contributed by atoms with Crippen LogP contribution in [0.5, 0.6) is 5.75 Å². The number of carbonyl (C=O) groups excluding carboxylic acids is 1. The molecule has 23 heavy (non-hydrogen) atoms. The number of para-hydroxylation sites is 1. The van der Waals surface area contributed by atoms with Crippen molar-refractivity contribution in [2.45, 2.75) is 19.9 Å². The second-order valence-corrected chi connectivity index (χ2v) is 6.14. The van der Waals surface area contributed by atoms with Gasteiger partial charge in [-0.15, -0.1) is 0 Å². The molecule has 5 heteroatoms. The number of fused-ring (bicyclic) bond motifs is 1. The van der Waals surface area contributed by atoms with Crippen molar-refractivity contribution in [3.63, 3.8) is 0 Å². The summed E-state index contributed by atoms with van der Waals surface area (Å²) in [6.07, 6.45) is 0.273. The average molecular weight is 326 g/mol. The number of benzene rings is 2. The van der Waals surface area contributed by atoms with Crippen LogP contribution in [-0.4, -0.2) is 17.6 Å². The summed E-state index contributed by atoms with van der Waals surface area (Å²) in [5.74, 6) is 0.604. The van der Waals surface area contributed by atoms with Gasteiger partial charge in [0, 0.05) is 6.54 Å². The van der Waals surface area contributed by atoms with E-state index in [0.717, 1.165) is 32.9 Å². The van der Waals surface area contributed by atoms with Gasteiger partial charge in [-0.05, 0) is 36.8 Å². The normalized spacial score (nSPS) is 11.8. The van der Waals surface area contributed by atoms with Crippen LogP contribution in [0.3, 0.4) is 0 Å². The molecule has 0 unspecified atom stereocenters. The largest absolute Gasteiger partial charge is 0.497 e. The van der Waals surface area contributed by atoms with E-state index in [1.165, 1.54) is 0 Å². The van der Waals surface area contributed by atoms with E-state index in [2.05, 4.69) is 28.6 Å². The lowest BCUT2D eigenvalue weighted by Crippen LogP contribution is -2.16. The minimum Gasteiger partial charge on any atom is -0.497 e. The Hall–Kier alpha value is -2.40. The Balaban J connectivity index is 1.93. The highest BCUT2D eigenvalue weighted by Crippen LogP contribution is 2.17. The lowest BCUT2D eigenvalue weighted by atomic mass is 10.1. The molecular weight excluding hydrogens is 308 g/mol. The predicted molar refractivity (Wildman–Crippen MR) is 92.8 cm³/mol. The number of amides is 1. The van der Waals surface area contributed by atoms with Crippen LogP contribution in [0.4, 0.5) is 0 Å². The van der Waals surface area contributed by atoms with E-state index in [1.807, 2.05) is 36.4 Å². The Bertz CT molecular complexity index is 909. The van der Waals surface area contributed by atoms with E-state index in [9.17, 15) is 4.79 Å². The Morgan fingerprint density at radius 3 is 2.83 bits per heavy atom. The van der Waals surface area contributed by atoms with Gasteiger partial charge in [-0.25, -0.2) is 0 Å². The van der Waals surface area contributed by atoms with Gasteiger partial charge in [-0.2, -0.15) is 4.99 Å². The zero-order valence-electron chi connectivity index (χ0n) is 13.2. The average Bonchev–Trinajstić information content (AvgIpc) is 2.91. The fourth-order valence-electron chi connectivity index (χ4n) is 2.51. The van der Waals surface area contributed by atoms with Gasteiger partial charge in [0.2, 0.25) is 0 Å². The third-order valence-corrected chi connectivity index (χ3v) is 4.67. The number of rotatable bonds is 4. The molecule has 1 heterocycles. The Labute approximate surface area is 138 Å². The van der Waals surface area contributed by atoms with Crippen LogP contribution in [0.2, 0.25) is 0 Å². The molecule has 0 spiro atoms. The van der Waals surface area contributed by atoms with Gasteiger partial charge in [-0.3, -0.25) is 4.79 Å². The van der Waals surface area contributed by atoms with E-state index in [4.69, 9.17) is 4.74 Å². The van der Waals surface area contributed by atoms with Gasteiger partial charge in [0.05, 0.1) is 23.7 Å². The maximum atomic E-state index is 12.3. The molecule has 0 saturated carbocycles. The fraction of sp³-hybridized carbons (Fsp3) is 0.222. The molecular formula is C18H18N2O2S. The van der Waals surface area contributed by atoms with Crippen LogP contribution in [0.1, 0.15) is 12.5 Å². The first kappa shape index (κ1) is 15.5. The molecule has 0 aliphatic rings. The molecule has 0 fully saturated rings. The number of thiazole rings is 1. The van der Waals surface area contributed by atoms with Crippen molar-refractivity contribution in [3.8, 4) is 5.75 Å². The van der Waals surface area contributed by atoms with E-state index < -0.39 is 0 Å². The number of nitrogens with zero attached hydrogens (tertiary/aromatic N) is 2. The van der Waals surface area contributed by atoms with Crippen LogP contribution >= 0.6 is 11.3 Å². The van der Waals surface area contributed by atoms with Crippen molar-refractivity contribution in [1.29, 1.82) is 0 Å². The zero-order chi connectivity index (χ0) is 16.2. The van der Waals surface area contributed by atoms with E-state index >= 15 is 0 Å². The van der Waals surface area contributed by atoms with E-state index in [-0.39, 0.29) is 12.3 Å². The molecule has 3 aromatic rings. The SMILES string of the molecule is CCn1c(=NC(=O)Cc2cccc(OC)c2)sc2ccccc21. The summed E-state index contributed by atoms with van der Waals surface area (Å²) >= 11 is 1.55. The number of aromatic nitrogens is 1. The van der Waals surface area contributed by atoms with Crippen molar-refractivity contribution < 1.29 is 9.53 Å². The second-order valence-electron chi connectivity index (χ2n) is 5.13. The first-order valence-corrected chi connectivity index (χ1v) is 8.31. The monoisotopic (exact) mass is 326 g/mol. The molecule has 118 valence electrons. The van der Waals surface area contributed by atoms with E-state index in [1.54, 1.807) is 18.4 Å². The molecule has 0 aliphatic carbocycles. The summed E-state index contributed by atoms with van der Waals surface area (Å²) in [5.41, 5.74) is 2.02. The lowest BCUT2D eigenvalue weighted by Gasteiger charge is -2.02. The summed E-state index contributed by atoms with van der Waals surface area (Å²) in [6, 6.07) is 15.6. The highest BCUT2D eigenvalue weighted by Gasteiger charge is 2.07. The predicted octanol–water partition coefficient (Wildman–Crippen LogP) is 3.40. The van der Waals surface area contributed by atoms with Crippen LogP contribution in [0.25, 0.3) is 10.2 Å². The van der Waals surface area contributed by atoms with Gasteiger partial charge >= 0.3 is 0 Å². The van der Waals surface area contributed by atoms with Gasteiger partial charge < -0.3 is 9.30 Å². The molecule has 4 nitrogen and oxygen atoms in total. The molecule has 0 radical (unpaired) electrons. The van der Waals surface area contributed by atoms with Crippen molar-refractivity contribution in [2.24, 2.45) is 4.99 Å². The number of methoxy groups -OCH3 is 1. The van der Waals surface area contributed by atoms with Crippen LogP contribution in [0, 0.1) is 0 Å². The topological polar surface area (TPSA) is 43.6 Å². The van der Waals surface area contributed by atoms with Gasteiger partial charge in [0.25, 0.3) is 5.91 Å². The lowest BCUT2D eigenvalue weighted by molar-refractivity contribution is -0.117. The quantitative estimate of drug-likeness (QED) is 0.737. The molecule has 2 aromatic carbocycles. The Morgan fingerprint density at radius 1 is 1.22 bits per heavy atom. The van der Waals surface area contributed by atoms with Crippen LogP contribution < -0.4 is 9.54 Å². The number of carbonyl (C=O) groups is 1. The highest BCUT2D eigenvalue weighted by molar-refractivity contribution is 7.16. The van der Waals surface area contributed by atoms with Crippen molar-refractivity contribution in [2.75, 3.05) is 7.11 Å². The molecule has 0 atom stereocenters. The molecule has 0 N–H and O–H groups in total. The molecule has 1 aromatic heterocycles. The number of ether oxygens (including phenoxy) is 1. The summed E-state index contributed by atoms with van der Waals surface area (Å²) < 4.78 is 8.40. The Morgan fingerprint density at radius 2 is 2.04 bits per heavy atom. The van der Waals surface area contributed by atoms with Crippen molar-refractivity contribution >= 4 is 27.5 Å². The highest BCUT2D eigenvalue weighted by atomic mass is 32.1. The first-order chi connectivity index (χ1) is 11.2. The van der Waals surface area contributed by atoms with Gasteiger partial charge in [0.15, 0.2) is 4.80 Å². The minimum atomic E-state index is -0.146. The maximum Gasteiger partial charge on any atom is 0.252 e. The second kappa shape index (κ2) is 6.79. The van der Waals surface area contributed by atoms with Gasteiger partial charge in [0.1, 0.15) is 5.75 Å². The number of aryl methyl sites for hydroxylation is 1. The first-order valence-electron chi connectivity index (χ1n) is 7.50. The molecule has 0 aliphatic heterocycles.